The molecule has 0 aliphatic heterocycles. The van der Waals surface area contributed by atoms with Crippen LogP contribution < -0.4 is 0 Å². The third-order valence-electron chi connectivity index (χ3n) is 3.88. The molecule has 0 aromatic rings. The number of hydrogen-bond donors (Lipinski definition) is 1. The summed E-state index contributed by atoms with van der Waals surface area (Å²) in [5.74, 6) is 0. The zero-order chi connectivity index (χ0) is 16.3. The molecule has 0 saturated heterocycles. The number of rotatable bonds is 17. The Balaban J connectivity index is 0. The van der Waals surface area contributed by atoms with E-state index in [2.05, 4.69) is 23.6 Å². The van der Waals surface area contributed by atoms with Gasteiger partial charge in [0.15, 0.2) is 0 Å². The van der Waals surface area contributed by atoms with E-state index in [1.54, 1.807) is 0 Å². The van der Waals surface area contributed by atoms with Crippen molar-refractivity contribution in [3.8, 4) is 0 Å². The summed E-state index contributed by atoms with van der Waals surface area (Å²) in [5.41, 5.74) is 0. The van der Waals surface area contributed by atoms with Gasteiger partial charge in [-0.1, -0.05) is 76.9 Å². The van der Waals surface area contributed by atoms with Crippen molar-refractivity contribution >= 4 is 37.8 Å². The molecule has 0 saturated carbocycles. The van der Waals surface area contributed by atoms with Crippen LogP contribution in [0.3, 0.4) is 0 Å². The normalized spacial score (nSPS) is 12.4. The van der Waals surface area contributed by atoms with Crippen molar-refractivity contribution in [1.29, 1.82) is 0 Å². The zero-order valence-electron chi connectivity index (χ0n) is 14.5. The Bertz CT molecular complexity index is 273. The Kier molecular flexibility index (Phi) is 26.0. The molecule has 134 valence electrons. The van der Waals surface area contributed by atoms with Crippen LogP contribution in [0.4, 0.5) is 0 Å². The van der Waals surface area contributed by atoms with Gasteiger partial charge in [0.1, 0.15) is 0 Å². The van der Waals surface area contributed by atoms with Crippen molar-refractivity contribution in [1.82, 2.24) is 0 Å². The Hall–Kier alpha value is 0.890. The van der Waals surface area contributed by atoms with E-state index in [-0.39, 0.29) is 29.6 Å². The number of unbranched alkanes of at least 4 members (excludes halogenated alkanes) is 12. The predicted molar refractivity (Wildman–Crippen MR) is 104 cm³/mol. The predicted octanol–water partition coefficient (Wildman–Crippen LogP) is 5.77. The average Bonchev–Trinajstić information content (AvgIpc) is 2.50. The van der Waals surface area contributed by atoms with Gasteiger partial charge in [0.2, 0.25) is 0 Å². The van der Waals surface area contributed by atoms with Crippen molar-refractivity contribution in [2.45, 2.75) is 96.8 Å². The van der Waals surface area contributed by atoms with E-state index in [1.807, 2.05) is 0 Å². The molecule has 5 heteroatoms. The monoisotopic (exact) mass is 356 g/mol. The molecular weight excluding hydrogens is 318 g/mol. The van der Waals surface area contributed by atoms with Crippen molar-refractivity contribution in [2.24, 2.45) is 0 Å². The first-order valence-corrected chi connectivity index (χ1v) is 10.5. The van der Waals surface area contributed by atoms with E-state index in [4.69, 9.17) is 4.89 Å². The van der Waals surface area contributed by atoms with Crippen LogP contribution in [0.5, 0.6) is 0 Å². The van der Waals surface area contributed by atoms with E-state index >= 15 is 0 Å². The molecule has 3 nitrogen and oxygen atoms in total. The molecule has 0 fully saturated rings. The molecule has 0 heterocycles. The molecular formula is C18H38NaO3P. The maximum absolute atomic E-state index is 10.3. The third-order valence-corrected chi connectivity index (χ3v) is 4.33. The molecule has 1 unspecified atom stereocenters. The second kappa shape index (κ2) is 22.9. The second-order valence-electron chi connectivity index (χ2n) is 6.05. The van der Waals surface area contributed by atoms with Crippen LogP contribution in [0.25, 0.3) is 0 Å². The molecule has 1 atom stereocenters. The van der Waals surface area contributed by atoms with Crippen molar-refractivity contribution in [3.05, 3.63) is 12.2 Å². The molecule has 0 amide bonds. The van der Waals surface area contributed by atoms with Gasteiger partial charge in [0, 0.05) is 0 Å². The van der Waals surface area contributed by atoms with Gasteiger partial charge in [-0.25, -0.2) is 0 Å². The van der Waals surface area contributed by atoms with E-state index in [0.29, 0.717) is 6.61 Å². The van der Waals surface area contributed by atoms with Gasteiger partial charge in [-0.05, 0) is 32.1 Å². The first kappa shape index (κ1) is 26.1. The molecule has 0 aromatic carbocycles. The number of hydrogen-bond acceptors (Lipinski definition) is 2. The van der Waals surface area contributed by atoms with Crippen LogP contribution in [0.15, 0.2) is 12.2 Å². The van der Waals surface area contributed by atoms with Crippen LogP contribution >= 0.6 is 8.25 Å². The molecule has 0 spiro atoms. The van der Waals surface area contributed by atoms with Crippen LogP contribution in [-0.4, -0.2) is 41.1 Å². The first-order chi connectivity index (χ1) is 10.8. The van der Waals surface area contributed by atoms with Crippen LogP contribution in [0.1, 0.15) is 96.8 Å². The van der Waals surface area contributed by atoms with Crippen molar-refractivity contribution < 1.29 is 14.0 Å². The molecule has 23 heavy (non-hydrogen) atoms. The van der Waals surface area contributed by atoms with E-state index in [1.165, 1.54) is 77.0 Å². The molecule has 0 aromatic heterocycles. The SMILES string of the molecule is CCCCCCCC/C=C\CCCCCCCCO[PH](=O)O.[NaH]. The molecule has 0 radical (unpaired) electrons. The molecule has 0 bridgehead atoms. The summed E-state index contributed by atoms with van der Waals surface area (Å²) in [6.45, 7) is 2.69. The minimum absolute atomic E-state index is 0. The van der Waals surface area contributed by atoms with E-state index in [0.717, 1.165) is 12.8 Å². The van der Waals surface area contributed by atoms with Crippen LogP contribution in [-0.2, 0) is 9.09 Å². The molecule has 0 aliphatic carbocycles. The second-order valence-corrected chi connectivity index (χ2v) is 6.87. The van der Waals surface area contributed by atoms with Gasteiger partial charge < -0.3 is 9.42 Å². The number of allylic oxidation sites excluding steroid dienone is 2. The Morgan fingerprint density at radius 2 is 1.22 bits per heavy atom. The van der Waals surface area contributed by atoms with Gasteiger partial charge in [0.25, 0.3) is 0 Å². The van der Waals surface area contributed by atoms with Gasteiger partial charge in [-0.2, -0.15) is 0 Å². The summed E-state index contributed by atoms with van der Waals surface area (Å²) in [5, 5.41) is 0. The maximum atomic E-state index is 10.3. The van der Waals surface area contributed by atoms with Gasteiger partial charge in [-0.15, -0.1) is 0 Å². The van der Waals surface area contributed by atoms with Crippen LogP contribution in [0.2, 0.25) is 0 Å². The Morgan fingerprint density at radius 1 is 0.783 bits per heavy atom. The van der Waals surface area contributed by atoms with Gasteiger partial charge in [0.05, 0.1) is 6.61 Å². The van der Waals surface area contributed by atoms with Crippen LogP contribution in [0, 0.1) is 0 Å². The fourth-order valence-corrected chi connectivity index (χ4v) is 2.83. The minimum atomic E-state index is -2.71. The summed E-state index contributed by atoms with van der Waals surface area (Å²) in [6, 6.07) is 0. The van der Waals surface area contributed by atoms with E-state index in [9.17, 15) is 4.57 Å². The summed E-state index contributed by atoms with van der Waals surface area (Å²) in [7, 11) is -2.71. The van der Waals surface area contributed by atoms with Gasteiger partial charge >= 0.3 is 37.8 Å². The fraction of sp³-hybridized carbons (Fsp3) is 0.889. The first-order valence-electron chi connectivity index (χ1n) is 9.28. The summed E-state index contributed by atoms with van der Waals surface area (Å²) < 4.78 is 15.0. The quantitative estimate of drug-likeness (QED) is 0.156. The zero-order valence-corrected chi connectivity index (χ0v) is 15.5. The van der Waals surface area contributed by atoms with E-state index < -0.39 is 8.25 Å². The summed E-state index contributed by atoms with van der Waals surface area (Å²) in [6.07, 6.45) is 22.5. The molecule has 1 N–H and O–H groups in total. The molecule has 0 aliphatic rings. The summed E-state index contributed by atoms with van der Waals surface area (Å²) in [4.78, 5) is 8.50. The Labute approximate surface area is 166 Å². The van der Waals surface area contributed by atoms with Gasteiger partial charge in [-0.3, -0.25) is 4.57 Å². The molecule has 0 rings (SSSR count). The third kappa shape index (κ3) is 25.2. The van der Waals surface area contributed by atoms with Crippen molar-refractivity contribution in [2.75, 3.05) is 6.61 Å². The summed E-state index contributed by atoms with van der Waals surface area (Å²) >= 11 is 0. The standard InChI is InChI=1S/C18H37O3P.Na.H/c1-2-3-4-5-6-7-8-9-10-11-12-13-14-15-16-17-18-21-22(19)20;;/h9-10,22H,2-8,11-18H2,1H3,(H,19,20);;/b10-9-;;. The Morgan fingerprint density at radius 3 is 1.70 bits per heavy atom. The fourth-order valence-electron chi connectivity index (χ4n) is 2.51. The topological polar surface area (TPSA) is 46.5 Å². The van der Waals surface area contributed by atoms with Crippen molar-refractivity contribution in [3.63, 3.8) is 0 Å². The average molecular weight is 356 g/mol.